The molecule has 1 aromatic heterocycles. The largest absolute Gasteiger partial charge is 0.376 e. The number of nitrogens with one attached hydrogen (secondary N) is 1. The molecule has 0 aromatic carbocycles. The van der Waals surface area contributed by atoms with Gasteiger partial charge in [0.15, 0.2) is 4.60 Å². The molecule has 0 bridgehead atoms. The molecule has 1 aromatic rings. The first kappa shape index (κ1) is 16.6. The van der Waals surface area contributed by atoms with Gasteiger partial charge in [-0.15, -0.1) is 5.10 Å². The molecule has 6 heteroatoms. The van der Waals surface area contributed by atoms with Gasteiger partial charge in [-0.1, -0.05) is 25.5 Å². The fraction of sp³-hybridized carbons (Fsp3) is 0.846. The monoisotopic (exact) mass is 332 g/mol. The van der Waals surface area contributed by atoms with Crippen LogP contribution in [-0.2, 0) is 11.8 Å². The van der Waals surface area contributed by atoms with E-state index in [1.54, 1.807) is 0 Å². The fourth-order valence-electron chi connectivity index (χ4n) is 2.22. The molecule has 5 nitrogen and oxygen atoms in total. The van der Waals surface area contributed by atoms with Crippen LogP contribution < -0.4 is 5.32 Å². The van der Waals surface area contributed by atoms with E-state index in [0.29, 0.717) is 0 Å². The molecule has 110 valence electrons. The zero-order valence-electron chi connectivity index (χ0n) is 12.3. The van der Waals surface area contributed by atoms with E-state index in [2.05, 4.69) is 45.4 Å². The van der Waals surface area contributed by atoms with Gasteiger partial charge in [-0.05, 0) is 42.2 Å². The van der Waals surface area contributed by atoms with Gasteiger partial charge in [0.2, 0.25) is 0 Å². The van der Waals surface area contributed by atoms with E-state index in [1.807, 2.05) is 18.7 Å². The summed E-state index contributed by atoms with van der Waals surface area (Å²) in [7, 11) is 1.92. The third-order valence-corrected chi connectivity index (χ3v) is 3.63. The first-order valence-electron chi connectivity index (χ1n) is 7.05. The molecule has 0 saturated carbocycles. The van der Waals surface area contributed by atoms with Crippen LogP contribution in [0.25, 0.3) is 0 Å². The smallest absolute Gasteiger partial charge is 0.153 e. The number of aromatic nitrogens is 3. The van der Waals surface area contributed by atoms with Crippen molar-refractivity contribution in [3.05, 3.63) is 10.3 Å². The van der Waals surface area contributed by atoms with Crippen molar-refractivity contribution in [2.75, 3.05) is 13.2 Å². The van der Waals surface area contributed by atoms with E-state index < -0.39 is 0 Å². The molecule has 0 fully saturated rings. The van der Waals surface area contributed by atoms with Crippen LogP contribution in [0.4, 0.5) is 0 Å². The average Bonchev–Trinajstić information content (AvgIpc) is 2.71. The Morgan fingerprint density at radius 2 is 2.05 bits per heavy atom. The molecule has 2 atom stereocenters. The van der Waals surface area contributed by atoms with E-state index in [0.717, 1.165) is 42.7 Å². The highest BCUT2D eigenvalue weighted by Crippen LogP contribution is 2.27. The molecule has 0 radical (unpaired) electrons. The van der Waals surface area contributed by atoms with Gasteiger partial charge >= 0.3 is 0 Å². The minimum Gasteiger partial charge on any atom is -0.376 e. The number of rotatable bonds is 9. The van der Waals surface area contributed by atoms with E-state index >= 15 is 0 Å². The Balaban J connectivity index is 2.97. The first-order chi connectivity index (χ1) is 9.15. The third-order valence-electron chi connectivity index (χ3n) is 3.06. The molecule has 0 aliphatic carbocycles. The molecule has 0 spiro atoms. The maximum Gasteiger partial charge on any atom is 0.153 e. The quantitative estimate of drug-likeness (QED) is 0.755. The van der Waals surface area contributed by atoms with Gasteiger partial charge in [0.1, 0.15) is 0 Å². The van der Waals surface area contributed by atoms with E-state index in [-0.39, 0.29) is 12.1 Å². The normalized spacial score (nSPS) is 14.6. The Hall–Kier alpha value is -0.460. The van der Waals surface area contributed by atoms with Gasteiger partial charge < -0.3 is 10.1 Å². The van der Waals surface area contributed by atoms with Crippen molar-refractivity contribution in [1.29, 1.82) is 0 Å². The minimum atomic E-state index is 0.120. The Bertz CT molecular complexity index is 344. The minimum absolute atomic E-state index is 0.120. The summed E-state index contributed by atoms with van der Waals surface area (Å²) in [5, 5.41) is 11.7. The van der Waals surface area contributed by atoms with Gasteiger partial charge in [0, 0.05) is 13.7 Å². The Labute approximate surface area is 124 Å². The Kier molecular flexibility index (Phi) is 7.56. The third kappa shape index (κ3) is 4.54. The lowest BCUT2D eigenvalue weighted by Gasteiger charge is -2.28. The lowest BCUT2D eigenvalue weighted by atomic mass is 10.0. The highest BCUT2D eigenvalue weighted by atomic mass is 79.9. The summed E-state index contributed by atoms with van der Waals surface area (Å²) < 4.78 is 8.54. The molecule has 1 N–H and O–H groups in total. The number of ether oxygens (including phenoxy) is 1. The van der Waals surface area contributed by atoms with Crippen molar-refractivity contribution >= 4 is 15.9 Å². The van der Waals surface area contributed by atoms with Crippen molar-refractivity contribution in [3.63, 3.8) is 0 Å². The van der Waals surface area contributed by atoms with E-state index in [1.165, 1.54) is 0 Å². The van der Waals surface area contributed by atoms with Gasteiger partial charge in [-0.3, -0.25) is 0 Å². The molecule has 1 rings (SSSR count). The molecule has 0 aliphatic rings. The van der Waals surface area contributed by atoms with Gasteiger partial charge in [-0.25, -0.2) is 4.68 Å². The number of hydrogen-bond donors (Lipinski definition) is 1. The summed E-state index contributed by atoms with van der Waals surface area (Å²) >= 11 is 3.49. The number of nitrogens with zero attached hydrogens (tertiary/aromatic N) is 3. The topological polar surface area (TPSA) is 52.0 Å². The van der Waals surface area contributed by atoms with Gasteiger partial charge in [-0.2, -0.15) is 0 Å². The lowest BCUT2D eigenvalue weighted by molar-refractivity contribution is 0.0254. The Morgan fingerprint density at radius 3 is 2.53 bits per heavy atom. The van der Waals surface area contributed by atoms with Crippen LogP contribution in [0, 0.1) is 0 Å². The van der Waals surface area contributed by atoms with Crippen molar-refractivity contribution in [1.82, 2.24) is 20.3 Å². The molecule has 19 heavy (non-hydrogen) atoms. The maximum atomic E-state index is 5.92. The SMILES string of the molecule is CCCNC(c1c(Br)nnn1C)C(CCC)OCC. The maximum absolute atomic E-state index is 5.92. The summed E-state index contributed by atoms with van der Waals surface area (Å²) in [4.78, 5) is 0. The van der Waals surface area contributed by atoms with Crippen LogP contribution in [0.2, 0.25) is 0 Å². The molecular weight excluding hydrogens is 308 g/mol. The number of aryl methyl sites for hydroxylation is 1. The van der Waals surface area contributed by atoms with Crippen molar-refractivity contribution < 1.29 is 4.74 Å². The predicted molar refractivity (Wildman–Crippen MR) is 80.1 cm³/mol. The second-order valence-corrected chi connectivity index (χ2v) is 5.35. The molecule has 2 unspecified atom stereocenters. The second-order valence-electron chi connectivity index (χ2n) is 4.60. The highest BCUT2D eigenvalue weighted by Gasteiger charge is 2.28. The summed E-state index contributed by atoms with van der Waals surface area (Å²) in [5.74, 6) is 0. The molecule has 0 aliphatic heterocycles. The number of halogens is 1. The van der Waals surface area contributed by atoms with Crippen LogP contribution >= 0.6 is 15.9 Å². The summed E-state index contributed by atoms with van der Waals surface area (Å²) in [6, 6.07) is 0.120. The van der Waals surface area contributed by atoms with Crippen molar-refractivity contribution in [2.24, 2.45) is 7.05 Å². The zero-order chi connectivity index (χ0) is 14.3. The summed E-state index contributed by atoms with van der Waals surface area (Å²) in [6.07, 6.45) is 3.35. The second kappa shape index (κ2) is 8.66. The summed E-state index contributed by atoms with van der Waals surface area (Å²) in [6.45, 7) is 8.05. The van der Waals surface area contributed by atoms with Crippen LogP contribution in [0.15, 0.2) is 4.60 Å². The standard InChI is InChI=1S/C13H25BrN4O/c1-5-8-10(19-7-3)11(15-9-6-2)12-13(14)16-17-18(12)4/h10-11,15H,5-9H2,1-4H3. The van der Waals surface area contributed by atoms with Crippen molar-refractivity contribution in [3.8, 4) is 0 Å². The summed E-state index contributed by atoms with van der Waals surface area (Å²) in [5.41, 5.74) is 1.06. The number of hydrogen-bond acceptors (Lipinski definition) is 4. The van der Waals surface area contributed by atoms with Crippen LogP contribution in [0.3, 0.4) is 0 Å². The van der Waals surface area contributed by atoms with Gasteiger partial charge in [0.25, 0.3) is 0 Å². The van der Waals surface area contributed by atoms with Crippen LogP contribution in [0.1, 0.15) is 51.8 Å². The Morgan fingerprint density at radius 1 is 1.32 bits per heavy atom. The van der Waals surface area contributed by atoms with Crippen LogP contribution in [-0.4, -0.2) is 34.2 Å². The predicted octanol–water partition coefficient (Wildman–Crippen LogP) is 2.82. The van der Waals surface area contributed by atoms with Gasteiger partial charge in [0.05, 0.1) is 17.8 Å². The van der Waals surface area contributed by atoms with Crippen molar-refractivity contribution in [2.45, 2.75) is 52.2 Å². The molecular formula is C13H25BrN4O. The van der Waals surface area contributed by atoms with Crippen LogP contribution in [0.5, 0.6) is 0 Å². The van der Waals surface area contributed by atoms with E-state index in [9.17, 15) is 0 Å². The molecule has 0 saturated heterocycles. The first-order valence-corrected chi connectivity index (χ1v) is 7.84. The molecule has 1 heterocycles. The fourth-order valence-corrected chi connectivity index (χ4v) is 2.79. The highest BCUT2D eigenvalue weighted by molar-refractivity contribution is 9.10. The average molecular weight is 333 g/mol. The van der Waals surface area contributed by atoms with E-state index in [4.69, 9.17) is 4.74 Å². The lowest BCUT2D eigenvalue weighted by Crippen LogP contribution is -2.36. The zero-order valence-corrected chi connectivity index (χ0v) is 13.9. The molecule has 0 amide bonds.